The third-order valence-electron chi connectivity index (χ3n) is 3.27. The van der Waals surface area contributed by atoms with Crippen molar-refractivity contribution in [3.05, 3.63) is 0 Å². The lowest BCUT2D eigenvalue weighted by molar-refractivity contribution is -0.156. The van der Waals surface area contributed by atoms with Crippen LogP contribution < -0.4 is 0 Å². The molecule has 94 valence electrons. The Hall–Kier alpha value is -0.610. The van der Waals surface area contributed by atoms with Crippen LogP contribution in [0, 0.1) is 5.41 Å². The molecule has 1 aliphatic heterocycles. The summed E-state index contributed by atoms with van der Waals surface area (Å²) < 4.78 is 10.7. The Balaban J connectivity index is 2.30. The van der Waals surface area contributed by atoms with Crippen molar-refractivity contribution in [1.82, 2.24) is 0 Å². The molecule has 0 spiro atoms. The van der Waals surface area contributed by atoms with Gasteiger partial charge in [-0.25, -0.2) is 0 Å². The predicted octanol–water partition coefficient (Wildman–Crippen LogP) is 2.07. The van der Waals surface area contributed by atoms with Crippen LogP contribution in [0.4, 0.5) is 0 Å². The molecule has 0 atom stereocenters. The summed E-state index contributed by atoms with van der Waals surface area (Å²) in [5.74, 6) is -0.699. The number of unbranched alkanes of at least 4 members (excludes halogenated alkanes) is 1. The van der Waals surface area contributed by atoms with E-state index < -0.39 is 11.4 Å². The molecule has 1 rings (SSSR count). The van der Waals surface area contributed by atoms with Crippen LogP contribution in [0.3, 0.4) is 0 Å². The van der Waals surface area contributed by atoms with Crippen LogP contribution in [0.15, 0.2) is 0 Å². The van der Waals surface area contributed by atoms with Gasteiger partial charge < -0.3 is 14.6 Å². The molecule has 1 aliphatic rings. The summed E-state index contributed by atoms with van der Waals surface area (Å²) in [5, 5.41) is 9.28. The van der Waals surface area contributed by atoms with E-state index in [9.17, 15) is 9.90 Å². The van der Waals surface area contributed by atoms with Gasteiger partial charge in [0.05, 0.1) is 5.41 Å². The Labute approximate surface area is 96.9 Å². The van der Waals surface area contributed by atoms with E-state index in [0.717, 1.165) is 19.4 Å². The first-order chi connectivity index (χ1) is 7.71. The first kappa shape index (κ1) is 13.5. The van der Waals surface area contributed by atoms with E-state index in [0.29, 0.717) is 39.1 Å². The first-order valence-corrected chi connectivity index (χ1v) is 6.10. The zero-order valence-electron chi connectivity index (χ0n) is 10.0. The molecule has 1 heterocycles. The lowest BCUT2D eigenvalue weighted by Crippen LogP contribution is -2.38. The van der Waals surface area contributed by atoms with Gasteiger partial charge in [0.25, 0.3) is 0 Å². The maximum atomic E-state index is 11.3. The van der Waals surface area contributed by atoms with Gasteiger partial charge >= 0.3 is 5.97 Å². The van der Waals surface area contributed by atoms with E-state index >= 15 is 0 Å². The summed E-state index contributed by atoms with van der Waals surface area (Å²) in [6.45, 7) is 4.51. The second-order valence-corrected chi connectivity index (χ2v) is 4.41. The molecule has 16 heavy (non-hydrogen) atoms. The van der Waals surface area contributed by atoms with Crippen LogP contribution in [0.1, 0.15) is 39.0 Å². The number of carboxylic acid groups (broad SMARTS) is 1. The van der Waals surface area contributed by atoms with Crippen molar-refractivity contribution < 1.29 is 19.4 Å². The summed E-state index contributed by atoms with van der Waals surface area (Å²) in [7, 11) is 0. The highest BCUT2D eigenvalue weighted by molar-refractivity contribution is 5.74. The SMILES string of the molecule is CCCCOCCC1(C(=O)O)CCOCC1. The maximum absolute atomic E-state index is 11.3. The maximum Gasteiger partial charge on any atom is 0.309 e. The van der Waals surface area contributed by atoms with Gasteiger partial charge in [-0.15, -0.1) is 0 Å². The van der Waals surface area contributed by atoms with Gasteiger partial charge in [-0.2, -0.15) is 0 Å². The minimum absolute atomic E-state index is 0.548. The minimum Gasteiger partial charge on any atom is -0.481 e. The normalized spacial score (nSPS) is 19.6. The van der Waals surface area contributed by atoms with Crippen LogP contribution in [0.2, 0.25) is 0 Å². The van der Waals surface area contributed by atoms with Gasteiger partial charge in [-0.1, -0.05) is 13.3 Å². The van der Waals surface area contributed by atoms with Gasteiger partial charge in [0, 0.05) is 26.4 Å². The van der Waals surface area contributed by atoms with Crippen molar-refractivity contribution in [2.75, 3.05) is 26.4 Å². The monoisotopic (exact) mass is 230 g/mol. The molecular weight excluding hydrogens is 208 g/mol. The predicted molar refractivity (Wildman–Crippen MR) is 60.5 cm³/mol. The Morgan fingerprint density at radius 2 is 2.06 bits per heavy atom. The average Bonchev–Trinajstić information content (AvgIpc) is 2.30. The highest BCUT2D eigenvalue weighted by atomic mass is 16.5. The van der Waals surface area contributed by atoms with Crippen LogP contribution in [0.5, 0.6) is 0 Å². The van der Waals surface area contributed by atoms with Crippen molar-refractivity contribution in [3.63, 3.8) is 0 Å². The molecule has 0 bridgehead atoms. The van der Waals surface area contributed by atoms with E-state index in [-0.39, 0.29) is 0 Å². The Bertz CT molecular complexity index is 209. The van der Waals surface area contributed by atoms with Gasteiger partial charge in [-0.05, 0) is 25.7 Å². The molecule has 0 aromatic rings. The fourth-order valence-electron chi connectivity index (χ4n) is 1.95. The molecule has 0 unspecified atom stereocenters. The molecule has 0 saturated carbocycles. The second kappa shape index (κ2) is 6.86. The summed E-state index contributed by atoms with van der Waals surface area (Å²) in [6, 6.07) is 0. The van der Waals surface area contributed by atoms with Gasteiger partial charge in [-0.3, -0.25) is 4.79 Å². The first-order valence-electron chi connectivity index (χ1n) is 6.10. The number of hydrogen-bond acceptors (Lipinski definition) is 3. The lowest BCUT2D eigenvalue weighted by atomic mass is 9.77. The molecule has 1 N–H and O–H groups in total. The zero-order valence-corrected chi connectivity index (χ0v) is 10.0. The number of carboxylic acids is 1. The number of aliphatic carboxylic acids is 1. The van der Waals surface area contributed by atoms with E-state index in [1.807, 2.05) is 0 Å². The Kier molecular flexibility index (Phi) is 5.77. The summed E-state index contributed by atoms with van der Waals surface area (Å²) in [5.41, 5.74) is -0.607. The third kappa shape index (κ3) is 3.76. The Morgan fingerprint density at radius 1 is 1.38 bits per heavy atom. The molecule has 0 amide bonds. The summed E-state index contributed by atoms with van der Waals surface area (Å²) in [6.07, 6.45) is 3.98. The molecule has 4 heteroatoms. The van der Waals surface area contributed by atoms with Crippen molar-refractivity contribution in [3.8, 4) is 0 Å². The second-order valence-electron chi connectivity index (χ2n) is 4.41. The van der Waals surface area contributed by atoms with Crippen molar-refractivity contribution in [2.24, 2.45) is 5.41 Å². The van der Waals surface area contributed by atoms with Crippen LogP contribution in [0.25, 0.3) is 0 Å². The zero-order chi connectivity index (χ0) is 11.9. The van der Waals surface area contributed by atoms with Crippen molar-refractivity contribution in [2.45, 2.75) is 39.0 Å². The largest absolute Gasteiger partial charge is 0.481 e. The van der Waals surface area contributed by atoms with E-state index in [2.05, 4.69) is 6.92 Å². The third-order valence-corrected chi connectivity index (χ3v) is 3.27. The fourth-order valence-corrected chi connectivity index (χ4v) is 1.95. The summed E-state index contributed by atoms with van der Waals surface area (Å²) >= 11 is 0. The molecule has 0 radical (unpaired) electrons. The molecule has 1 saturated heterocycles. The van der Waals surface area contributed by atoms with Crippen molar-refractivity contribution >= 4 is 5.97 Å². The molecular formula is C12H22O4. The smallest absolute Gasteiger partial charge is 0.309 e. The Morgan fingerprint density at radius 3 is 2.62 bits per heavy atom. The van der Waals surface area contributed by atoms with Crippen LogP contribution in [-0.2, 0) is 14.3 Å². The van der Waals surface area contributed by atoms with Crippen molar-refractivity contribution in [1.29, 1.82) is 0 Å². The van der Waals surface area contributed by atoms with E-state index in [1.165, 1.54) is 0 Å². The molecule has 0 aromatic carbocycles. The molecule has 0 aliphatic carbocycles. The summed E-state index contributed by atoms with van der Waals surface area (Å²) in [4.78, 5) is 11.3. The van der Waals surface area contributed by atoms with Crippen LogP contribution >= 0.6 is 0 Å². The number of hydrogen-bond donors (Lipinski definition) is 1. The van der Waals surface area contributed by atoms with Crippen LogP contribution in [-0.4, -0.2) is 37.5 Å². The molecule has 4 nitrogen and oxygen atoms in total. The number of carbonyl (C=O) groups is 1. The minimum atomic E-state index is -0.699. The average molecular weight is 230 g/mol. The number of ether oxygens (including phenoxy) is 2. The van der Waals surface area contributed by atoms with E-state index in [4.69, 9.17) is 9.47 Å². The fraction of sp³-hybridized carbons (Fsp3) is 0.917. The van der Waals surface area contributed by atoms with Gasteiger partial charge in [0.15, 0.2) is 0 Å². The molecule has 0 aromatic heterocycles. The highest BCUT2D eigenvalue weighted by Gasteiger charge is 2.39. The van der Waals surface area contributed by atoms with E-state index in [1.54, 1.807) is 0 Å². The number of rotatable bonds is 7. The lowest BCUT2D eigenvalue weighted by Gasteiger charge is -2.32. The van der Waals surface area contributed by atoms with Gasteiger partial charge in [0.1, 0.15) is 0 Å². The van der Waals surface area contributed by atoms with Gasteiger partial charge in [0.2, 0.25) is 0 Å². The topological polar surface area (TPSA) is 55.8 Å². The quantitative estimate of drug-likeness (QED) is 0.680. The standard InChI is InChI=1S/C12H22O4/c1-2-3-7-15-8-4-12(11(13)14)5-9-16-10-6-12/h2-10H2,1H3,(H,13,14). The highest BCUT2D eigenvalue weighted by Crippen LogP contribution is 2.34. The molecule has 1 fully saturated rings.